The molecule has 0 unspecified atom stereocenters. The summed E-state index contributed by atoms with van der Waals surface area (Å²) in [6.45, 7) is 4.09. The first-order valence-corrected chi connectivity index (χ1v) is 8.47. The van der Waals surface area contributed by atoms with Crippen LogP contribution in [0, 0.1) is 13.8 Å². The highest BCUT2D eigenvalue weighted by molar-refractivity contribution is 7.22. The van der Waals surface area contributed by atoms with E-state index in [0.29, 0.717) is 10.7 Å². The number of anilines is 1. The zero-order valence-corrected chi connectivity index (χ0v) is 14.1. The number of benzene rings is 2. The predicted octanol–water partition coefficient (Wildman–Crippen LogP) is 4.71. The summed E-state index contributed by atoms with van der Waals surface area (Å²) in [5.41, 5.74) is 4.65. The van der Waals surface area contributed by atoms with Gasteiger partial charge in [0, 0.05) is 17.1 Å². The van der Waals surface area contributed by atoms with Gasteiger partial charge in [-0.05, 0) is 43.2 Å². The Hall–Kier alpha value is -2.79. The average Bonchev–Trinajstić information content (AvgIpc) is 3.03. The number of rotatable bonds is 2. The minimum absolute atomic E-state index is 0.164. The second-order valence-corrected chi connectivity index (χ2v) is 6.72. The maximum atomic E-state index is 12.7. The molecule has 0 aliphatic heterocycles. The summed E-state index contributed by atoms with van der Waals surface area (Å²) in [6, 6.07) is 13.4. The number of pyridine rings is 1. The third kappa shape index (κ3) is 2.43. The van der Waals surface area contributed by atoms with Crippen molar-refractivity contribution in [2.45, 2.75) is 13.8 Å². The van der Waals surface area contributed by atoms with Crippen LogP contribution in [0.15, 0.2) is 48.7 Å². The molecule has 0 spiro atoms. The summed E-state index contributed by atoms with van der Waals surface area (Å²) in [5, 5.41) is 4.39. The summed E-state index contributed by atoms with van der Waals surface area (Å²) in [6.07, 6.45) is 1.73. The Bertz CT molecular complexity index is 1040. The highest BCUT2D eigenvalue weighted by Crippen LogP contribution is 2.31. The first-order valence-electron chi connectivity index (χ1n) is 7.65. The third-order valence-electron chi connectivity index (χ3n) is 4.05. The van der Waals surface area contributed by atoms with Gasteiger partial charge in [0.2, 0.25) is 0 Å². The minimum Gasteiger partial charge on any atom is -0.298 e. The highest BCUT2D eigenvalue weighted by Gasteiger charge is 2.14. The lowest BCUT2D eigenvalue weighted by Crippen LogP contribution is -2.12. The Kier molecular flexibility index (Phi) is 3.50. The molecule has 118 valence electrons. The molecule has 2 aromatic heterocycles. The van der Waals surface area contributed by atoms with E-state index in [4.69, 9.17) is 0 Å². The zero-order valence-electron chi connectivity index (χ0n) is 13.3. The molecular weight excluding hydrogens is 318 g/mol. The molecule has 0 atom stereocenters. The molecule has 1 amide bonds. The van der Waals surface area contributed by atoms with E-state index in [-0.39, 0.29) is 5.91 Å². The van der Waals surface area contributed by atoms with E-state index in [2.05, 4.69) is 34.3 Å². The maximum Gasteiger partial charge on any atom is 0.258 e. The van der Waals surface area contributed by atoms with Crippen molar-refractivity contribution in [3.05, 3.63) is 65.4 Å². The molecule has 4 aromatic rings. The van der Waals surface area contributed by atoms with Gasteiger partial charge in [0.1, 0.15) is 0 Å². The van der Waals surface area contributed by atoms with Gasteiger partial charge in [0.15, 0.2) is 5.13 Å². The monoisotopic (exact) mass is 333 g/mol. The van der Waals surface area contributed by atoms with Crippen molar-refractivity contribution in [2.75, 3.05) is 5.32 Å². The fourth-order valence-electron chi connectivity index (χ4n) is 2.78. The molecular formula is C19H15N3OS. The Balaban J connectivity index is 1.74. The van der Waals surface area contributed by atoms with Crippen molar-refractivity contribution in [2.24, 2.45) is 0 Å². The zero-order chi connectivity index (χ0) is 16.7. The third-order valence-corrected chi connectivity index (χ3v) is 5.16. The number of nitrogens with zero attached hydrogens (tertiary/aromatic N) is 2. The number of hydrogen-bond acceptors (Lipinski definition) is 4. The van der Waals surface area contributed by atoms with E-state index in [9.17, 15) is 4.79 Å². The Labute approximate surface area is 143 Å². The number of nitrogens with one attached hydrogen (secondary N) is 1. The Morgan fingerprint density at radius 1 is 1.04 bits per heavy atom. The van der Waals surface area contributed by atoms with Crippen LogP contribution in [0.5, 0.6) is 0 Å². The van der Waals surface area contributed by atoms with Gasteiger partial charge < -0.3 is 0 Å². The van der Waals surface area contributed by atoms with Gasteiger partial charge in [-0.3, -0.25) is 15.1 Å². The molecule has 4 nitrogen and oxygen atoms in total. The van der Waals surface area contributed by atoms with Crippen LogP contribution in [-0.4, -0.2) is 15.9 Å². The second-order valence-electron chi connectivity index (χ2n) is 5.73. The number of carbonyl (C=O) groups is 1. The van der Waals surface area contributed by atoms with E-state index in [1.54, 1.807) is 6.20 Å². The van der Waals surface area contributed by atoms with E-state index in [1.807, 2.05) is 37.3 Å². The van der Waals surface area contributed by atoms with Gasteiger partial charge in [0.25, 0.3) is 5.91 Å². The van der Waals surface area contributed by atoms with Gasteiger partial charge in [-0.15, -0.1) is 0 Å². The largest absolute Gasteiger partial charge is 0.298 e. The van der Waals surface area contributed by atoms with Crippen molar-refractivity contribution >= 4 is 43.5 Å². The quantitative estimate of drug-likeness (QED) is 0.578. The van der Waals surface area contributed by atoms with Crippen molar-refractivity contribution in [1.82, 2.24) is 9.97 Å². The molecule has 0 fully saturated rings. The summed E-state index contributed by atoms with van der Waals surface area (Å²) in [5.74, 6) is -0.164. The fourth-order valence-corrected chi connectivity index (χ4v) is 3.78. The molecule has 0 radical (unpaired) electrons. The van der Waals surface area contributed by atoms with Crippen LogP contribution in [-0.2, 0) is 0 Å². The number of amides is 1. The van der Waals surface area contributed by atoms with Gasteiger partial charge >= 0.3 is 0 Å². The average molecular weight is 333 g/mol. The number of fused-ring (bicyclic) bond motifs is 2. The molecule has 0 bridgehead atoms. The smallest absolute Gasteiger partial charge is 0.258 e. The molecule has 4 rings (SSSR count). The van der Waals surface area contributed by atoms with Gasteiger partial charge in [-0.2, -0.15) is 0 Å². The molecule has 0 aliphatic rings. The molecule has 2 heterocycles. The maximum absolute atomic E-state index is 12.7. The Morgan fingerprint density at radius 2 is 1.88 bits per heavy atom. The van der Waals surface area contributed by atoms with Crippen LogP contribution in [0.4, 0.5) is 5.13 Å². The van der Waals surface area contributed by atoms with Crippen molar-refractivity contribution in [3.8, 4) is 0 Å². The van der Waals surface area contributed by atoms with Crippen LogP contribution in [0.3, 0.4) is 0 Å². The van der Waals surface area contributed by atoms with E-state index < -0.39 is 0 Å². The summed E-state index contributed by atoms with van der Waals surface area (Å²) in [4.78, 5) is 21.6. The molecule has 24 heavy (non-hydrogen) atoms. The van der Waals surface area contributed by atoms with Crippen molar-refractivity contribution < 1.29 is 4.79 Å². The SMILES string of the molecule is Cc1ccc(C)c2sc(NC(=O)c3cccc4ncccc34)nc12. The molecule has 2 aromatic carbocycles. The highest BCUT2D eigenvalue weighted by atomic mass is 32.1. The van der Waals surface area contributed by atoms with Gasteiger partial charge in [0.05, 0.1) is 15.7 Å². The first kappa shape index (κ1) is 14.8. The van der Waals surface area contributed by atoms with E-state index >= 15 is 0 Å². The number of aryl methyl sites for hydroxylation is 2. The van der Waals surface area contributed by atoms with Crippen LogP contribution in [0.1, 0.15) is 21.5 Å². The molecule has 0 aliphatic carbocycles. The van der Waals surface area contributed by atoms with Crippen LogP contribution < -0.4 is 5.32 Å². The lowest BCUT2D eigenvalue weighted by Gasteiger charge is -2.05. The summed E-state index contributed by atoms with van der Waals surface area (Å²) in [7, 11) is 0. The number of hydrogen-bond donors (Lipinski definition) is 1. The molecule has 5 heteroatoms. The number of aromatic nitrogens is 2. The second kappa shape index (κ2) is 5.69. The normalized spacial score (nSPS) is 11.1. The summed E-state index contributed by atoms with van der Waals surface area (Å²) < 4.78 is 1.12. The van der Waals surface area contributed by atoms with E-state index in [1.165, 1.54) is 16.9 Å². The first-order chi connectivity index (χ1) is 11.6. The van der Waals surface area contributed by atoms with Crippen molar-refractivity contribution in [1.29, 1.82) is 0 Å². The topological polar surface area (TPSA) is 54.9 Å². The van der Waals surface area contributed by atoms with E-state index in [0.717, 1.165) is 26.7 Å². The minimum atomic E-state index is -0.164. The number of carbonyl (C=O) groups excluding carboxylic acids is 1. The lowest BCUT2D eigenvalue weighted by atomic mass is 10.1. The van der Waals surface area contributed by atoms with Gasteiger partial charge in [-0.1, -0.05) is 35.6 Å². The van der Waals surface area contributed by atoms with Crippen LogP contribution in [0.25, 0.3) is 21.1 Å². The fraction of sp³-hybridized carbons (Fsp3) is 0.105. The number of thiazole rings is 1. The molecule has 0 saturated heterocycles. The van der Waals surface area contributed by atoms with Gasteiger partial charge in [-0.25, -0.2) is 4.98 Å². The Morgan fingerprint density at radius 3 is 2.71 bits per heavy atom. The van der Waals surface area contributed by atoms with Crippen LogP contribution >= 0.6 is 11.3 Å². The predicted molar refractivity (Wildman–Crippen MR) is 98.8 cm³/mol. The van der Waals surface area contributed by atoms with Crippen molar-refractivity contribution in [3.63, 3.8) is 0 Å². The lowest BCUT2D eigenvalue weighted by molar-refractivity contribution is 0.102. The summed E-state index contributed by atoms with van der Waals surface area (Å²) >= 11 is 1.51. The molecule has 1 N–H and O–H groups in total. The molecule has 0 saturated carbocycles. The standard InChI is InChI=1S/C19H15N3OS/c1-11-8-9-12(2)17-16(11)21-19(24-17)22-18(23)14-5-3-7-15-13(14)6-4-10-20-15/h3-10H,1-2H3,(H,21,22,23). The van der Waals surface area contributed by atoms with Crippen LogP contribution in [0.2, 0.25) is 0 Å².